The highest BCUT2D eigenvalue weighted by Gasteiger charge is 2.13. The molecule has 0 spiro atoms. The third kappa shape index (κ3) is 3.56. The molecule has 3 rings (SSSR count). The number of carbonyl (C=O) groups excluding carboxylic acids is 1. The summed E-state index contributed by atoms with van der Waals surface area (Å²) in [5, 5.41) is 6.29. The van der Waals surface area contributed by atoms with E-state index in [0.29, 0.717) is 5.75 Å². The largest absolute Gasteiger partial charge is 0.349 e. The lowest BCUT2D eigenvalue weighted by atomic mass is 10.00. The summed E-state index contributed by atoms with van der Waals surface area (Å²) in [6.45, 7) is 2.02. The number of nitrogens with zero attached hydrogens (tertiary/aromatic N) is 2. The Morgan fingerprint density at radius 2 is 2.04 bits per heavy atom. The summed E-state index contributed by atoms with van der Waals surface area (Å²) < 4.78 is 1.91. The van der Waals surface area contributed by atoms with Crippen molar-refractivity contribution >= 4 is 28.4 Å². The molecule has 5 heteroatoms. The highest BCUT2D eigenvalue weighted by molar-refractivity contribution is 7.99. The third-order valence-electron chi connectivity index (χ3n) is 3.78. The molecule has 1 aromatic heterocycles. The molecule has 0 unspecified atom stereocenters. The van der Waals surface area contributed by atoms with Gasteiger partial charge in [-0.05, 0) is 23.3 Å². The molecule has 0 radical (unpaired) electrons. The molecule has 3 aromatic rings. The summed E-state index contributed by atoms with van der Waals surface area (Å²) in [5.41, 5.74) is 1.14. The Kier molecular flexibility index (Phi) is 4.67. The minimum atomic E-state index is -0.0319. The van der Waals surface area contributed by atoms with Crippen molar-refractivity contribution in [1.82, 2.24) is 14.9 Å². The molecule has 0 aliphatic rings. The fraction of sp³-hybridized carbons (Fsp3) is 0.222. The second-order valence-corrected chi connectivity index (χ2v) is 6.41. The lowest BCUT2D eigenvalue weighted by molar-refractivity contribution is -0.119. The zero-order valence-corrected chi connectivity index (χ0v) is 14.0. The van der Waals surface area contributed by atoms with Gasteiger partial charge in [-0.15, -0.1) is 0 Å². The number of aromatic nitrogens is 2. The van der Waals surface area contributed by atoms with Crippen molar-refractivity contribution in [2.75, 3.05) is 5.75 Å². The van der Waals surface area contributed by atoms with Crippen LogP contribution in [0.4, 0.5) is 0 Å². The highest BCUT2D eigenvalue weighted by atomic mass is 32.2. The smallest absolute Gasteiger partial charge is 0.230 e. The number of rotatable bonds is 5. The number of fused-ring (bicyclic) bond motifs is 1. The van der Waals surface area contributed by atoms with Crippen LogP contribution in [0, 0.1) is 0 Å². The lowest BCUT2D eigenvalue weighted by Gasteiger charge is -2.16. The van der Waals surface area contributed by atoms with E-state index in [1.165, 1.54) is 22.5 Å². The normalized spacial score (nSPS) is 12.3. The van der Waals surface area contributed by atoms with Crippen LogP contribution < -0.4 is 5.32 Å². The third-order valence-corrected chi connectivity index (χ3v) is 4.83. The summed E-state index contributed by atoms with van der Waals surface area (Å²) >= 11 is 1.44. The van der Waals surface area contributed by atoms with E-state index in [2.05, 4.69) is 34.6 Å². The van der Waals surface area contributed by atoms with Crippen LogP contribution in [-0.4, -0.2) is 21.2 Å². The monoisotopic (exact) mass is 325 g/mol. The van der Waals surface area contributed by atoms with Crippen LogP contribution in [0.15, 0.2) is 60.0 Å². The van der Waals surface area contributed by atoms with Crippen molar-refractivity contribution in [3.8, 4) is 0 Å². The molecular weight excluding hydrogens is 306 g/mol. The average Bonchev–Trinajstić information content (AvgIpc) is 2.97. The number of benzene rings is 2. The van der Waals surface area contributed by atoms with Crippen molar-refractivity contribution < 1.29 is 4.79 Å². The number of aryl methyl sites for hydroxylation is 1. The van der Waals surface area contributed by atoms with Crippen LogP contribution in [0.5, 0.6) is 0 Å². The Labute approximate surface area is 139 Å². The molecule has 0 fully saturated rings. The quantitative estimate of drug-likeness (QED) is 0.730. The van der Waals surface area contributed by atoms with Gasteiger partial charge in [0.15, 0.2) is 5.16 Å². The van der Waals surface area contributed by atoms with E-state index in [1.54, 1.807) is 6.20 Å². The second-order valence-electron chi connectivity index (χ2n) is 5.47. The first-order valence-corrected chi connectivity index (χ1v) is 8.51. The second kappa shape index (κ2) is 6.87. The molecule has 0 aliphatic heterocycles. The number of carbonyl (C=O) groups is 1. The van der Waals surface area contributed by atoms with E-state index in [1.807, 2.05) is 42.9 Å². The van der Waals surface area contributed by atoms with Crippen molar-refractivity contribution in [1.29, 1.82) is 0 Å². The molecule has 0 saturated carbocycles. The van der Waals surface area contributed by atoms with E-state index in [9.17, 15) is 4.79 Å². The van der Waals surface area contributed by atoms with Crippen molar-refractivity contribution in [2.45, 2.75) is 18.1 Å². The molecular formula is C18H19N3OS. The van der Waals surface area contributed by atoms with Gasteiger partial charge in [-0.1, -0.05) is 54.2 Å². The predicted octanol–water partition coefficient (Wildman–Crippen LogP) is 3.54. The van der Waals surface area contributed by atoms with Crippen LogP contribution in [0.1, 0.15) is 18.5 Å². The van der Waals surface area contributed by atoms with Crippen LogP contribution in [0.3, 0.4) is 0 Å². The van der Waals surface area contributed by atoms with Crippen molar-refractivity contribution in [2.24, 2.45) is 7.05 Å². The Balaban J connectivity index is 1.67. The summed E-state index contributed by atoms with van der Waals surface area (Å²) in [5.74, 6) is 0.374. The van der Waals surface area contributed by atoms with Gasteiger partial charge in [0.05, 0.1) is 11.8 Å². The Morgan fingerprint density at radius 3 is 2.83 bits per heavy atom. The number of imidazole rings is 1. The van der Waals surface area contributed by atoms with E-state index >= 15 is 0 Å². The van der Waals surface area contributed by atoms with Gasteiger partial charge in [-0.3, -0.25) is 4.79 Å². The Morgan fingerprint density at radius 1 is 1.26 bits per heavy atom. The maximum atomic E-state index is 12.2. The summed E-state index contributed by atoms with van der Waals surface area (Å²) in [4.78, 5) is 16.4. The Hall–Kier alpha value is -2.27. The van der Waals surface area contributed by atoms with Crippen LogP contribution in [0.25, 0.3) is 10.8 Å². The van der Waals surface area contributed by atoms with Crippen molar-refractivity contribution in [3.05, 3.63) is 60.4 Å². The van der Waals surface area contributed by atoms with E-state index < -0.39 is 0 Å². The van der Waals surface area contributed by atoms with Gasteiger partial charge in [0, 0.05) is 19.4 Å². The number of hydrogen-bond acceptors (Lipinski definition) is 3. The van der Waals surface area contributed by atoms with E-state index in [4.69, 9.17) is 0 Å². The molecule has 1 amide bonds. The number of thioether (sulfide) groups is 1. The first-order chi connectivity index (χ1) is 11.1. The molecule has 1 atom stereocenters. The molecule has 1 heterocycles. The molecule has 23 heavy (non-hydrogen) atoms. The maximum Gasteiger partial charge on any atom is 0.230 e. The number of nitrogens with one attached hydrogen (secondary N) is 1. The minimum absolute atomic E-state index is 0.0124. The van der Waals surface area contributed by atoms with Crippen LogP contribution >= 0.6 is 11.8 Å². The lowest BCUT2D eigenvalue weighted by Crippen LogP contribution is -2.28. The maximum absolute atomic E-state index is 12.2. The zero-order chi connectivity index (χ0) is 16.2. The van der Waals surface area contributed by atoms with Gasteiger partial charge >= 0.3 is 0 Å². The van der Waals surface area contributed by atoms with Crippen LogP contribution in [-0.2, 0) is 11.8 Å². The fourth-order valence-corrected chi connectivity index (χ4v) is 3.35. The van der Waals surface area contributed by atoms with Gasteiger partial charge < -0.3 is 9.88 Å². The molecule has 118 valence electrons. The SMILES string of the molecule is C[C@H](NC(=O)CSc1nccn1C)c1cccc2ccccc12. The first kappa shape index (κ1) is 15.6. The molecule has 0 aliphatic carbocycles. The molecule has 0 saturated heterocycles. The molecule has 0 bridgehead atoms. The average molecular weight is 325 g/mol. The highest BCUT2D eigenvalue weighted by Crippen LogP contribution is 2.24. The van der Waals surface area contributed by atoms with Gasteiger partial charge in [-0.25, -0.2) is 4.98 Å². The summed E-state index contributed by atoms with van der Waals surface area (Å²) in [6, 6.07) is 14.4. The van der Waals surface area contributed by atoms with Gasteiger partial charge in [0.2, 0.25) is 5.91 Å². The predicted molar refractivity (Wildman–Crippen MR) is 94.4 cm³/mol. The van der Waals surface area contributed by atoms with Crippen LogP contribution in [0.2, 0.25) is 0 Å². The van der Waals surface area contributed by atoms with E-state index in [-0.39, 0.29) is 11.9 Å². The Bertz CT molecular complexity index is 823. The van der Waals surface area contributed by atoms with E-state index in [0.717, 1.165) is 10.7 Å². The standard InChI is InChI=1S/C18H19N3OS/c1-13(15-9-5-7-14-6-3-4-8-16(14)15)20-17(22)12-23-18-19-10-11-21(18)2/h3-11,13H,12H2,1-2H3,(H,20,22)/t13-/m0/s1. The molecule has 4 nitrogen and oxygen atoms in total. The van der Waals surface area contributed by atoms with Gasteiger partial charge in [0.1, 0.15) is 0 Å². The summed E-state index contributed by atoms with van der Waals surface area (Å²) in [6.07, 6.45) is 3.61. The van der Waals surface area contributed by atoms with Gasteiger partial charge in [-0.2, -0.15) is 0 Å². The topological polar surface area (TPSA) is 46.9 Å². The zero-order valence-electron chi connectivity index (χ0n) is 13.2. The number of hydrogen-bond donors (Lipinski definition) is 1. The fourth-order valence-electron chi connectivity index (χ4n) is 2.61. The summed E-state index contributed by atoms with van der Waals surface area (Å²) in [7, 11) is 1.92. The minimum Gasteiger partial charge on any atom is -0.349 e. The molecule has 1 N–H and O–H groups in total. The molecule has 2 aromatic carbocycles. The number of amides is 1. The first-order valence-electron chi connectivity index (χ1n) is 7.52. The van der Waals surface area contributed by atoms with Crippen molar-refractivity contribution in [3.63, 3.8) is 0 Å². The van der Waals surface area contributed by atoms with Gasteiger partial charge in [0.25, 0.3) is 0 Å².